The van der Waals surface area contributed by atoms with Crippen LogP contribution in [0.4, 0.5) is 11.4 Å². The number of ether oxygens (including phenoxy) is 1. The molecular weight excluding hydrogens is 188 g/mol. The van der Waals surface area contributed by atoms with Gasteiger partial charge in [-0.2, -0.15) is 0 Å². The highest BCUT2D eigenvalue weighted by Crippen LogP contribution is 2.29. The predicted octanol–water partition coefficient (Wildman–Crippen LogP) is 2.30. The summed E-state index contributed by atoms with van der Waals surface area (Å²) in [4.78, 5) is 0. The fourth-order valence-corrected chi connectivity index (χ4v) is 1.80. The van der Waals surface area contributed by atoms with Crippen LogP contribution in [0, 0.1) is 6.92 Å². The van der Waals surface area contributed by atoms with Gasteiger partial charge in [-0.3, -0.25) is 0 Å². The maximum atomic E-state index is 5.96. The highest BCUT2D eigenvalue weighted by atomic mass is 16.5. The van der Waals surface area contributed by atoms with Gasteiger partial charge in [-0.1, -0.05) is 6.92 Å². The maximum absolute atomic E-state index is 5.96. The van der Waals surface area contributed by atoms with E-state index in [1.54, 1.807) is 0 Å². The first-order valence-electron chi connectivity index (χ1n) is 5.29. The summed E-state index contributed by atoms with van der Waals surface area (Å²) < 4.78 is 5.38. The molecule has 0 aliphatic rings. The Bertz CT molecular complexity index is 313. The van der Waals surface area contributed by atoms with Crippen molar-refractivity contribution in [1.29, 1.82) is 0 Å². The van der Waals surface area contributed by atoms with Crippen LogP contribution in [-0.4, -0.2) is 13.2 Å². The molecule has 0 heterocycles. The van der Waals surface area contributed by atoms with Crippen LogP contribution < -0.4 is 11.5 Å². The second kappa shape index (κ2) is 5.03. The molecule has 0 aliphatic carbocycles. The molecule has 0 amide bonds. The molecule has 15 heavy (non-hydrogen) atoms. The van der Waals surface area contributed by atoms with E-state index in [9.17, 15) is 0 Å². The normalized spacial score (nSPS) is 12.7. The van der Waals surface area contributed by atoms with Crippen molar-refractivity contribution in [2.75, 3.05) is 24.7 Å². The molecule has 0 radical (unpaired) electrons. The van der Waals surface area contributed by atoms with Gasteiger partial charge in [-0.05, 0) is 31.5 Å². The van der Waals surface area contributed by atoms with Crippen LogP contribution in [0.3, 0.4) is 0 Å². The summed E-state index contributed by atoms with van der Waals surface area (Å²) in [6.45, 7) is 7.43. The summed E-state index contributed by atoms with van der Waals surface area (Å²) in [6.07, 6.45) is 0. The van der Waals surface area contributed by atoms with Gasteiger partial charge in [0.25, 0.3) is 0 Å². The van der Waals surface area contributed by atoms with Gasteiger partial charge in [0, 0.05) is 29.5 Å². The van der Waals surface area contributed by atoms with Gasteiger partial charge >= 0.3 is 0 Å². The Morgan fingerprint density at radius 3 is 2.27 bits per heavy atom. The van der Waals surface area contributed by atoms with Crippen molar-refractivity contribution in [3.05, 3.63) is 23.3 Å². The first-order valence-corrected chi connectivity index (χ1v) is 5.29. The van der Waals surface area contributed by atoms with E-state index in [-0.39, 0.29) is 5.92 Å². The monoisotopic (exact) mass is 208 g/mol. The van der Waals surface area contributed by atoms with E-state index < -0.39 is 0 Å². The SMILES string of the molecule is CCOCC(C)c1c(N)cc(C)cc1N. The van der Waals surface area contributed by atoms with Crippen molar-refractivity contribution in [3.63, 3.8) is 0 Å². The van der Waals surface area contributed by atoms with Crippen LogP contribution in [0.25, 0.3) is 0 Å². The Morgan fingerprint density at radius 2 is 1.80 bits per heavy atom. The number of nitrogen functional groups attached to an aromatic ring is 2. The van der Waals surface area contributed by atoms with Crippen LogP contribution in [0.1, 0.15) is 30.9 Å². The quantitative estimate of drug-likeness (QED) is 0.746. The van der Waals surface area contributed by atoms with Crippen molar-refractivity contribution in [1.82, 2.24) is 0 Å². The van der Waals surface area contributed by atoms with E-state index in [1.807, 2.05) is 26.0 Å². The van der Waals surface area contributed by atoms with Gasteiger partial charge in [0.15, 0.2) is 0 Å². The van der Waals surface area contributed by atoms with E-state index in [4.69, 9.17) is 16.2 Å². The van der Waals surface area contributed by atoms with Crippen molar-refractivity contribution in [2.24, 2.45) is 0 Å². The van der Waals surface area contributed by atoms with E-state index in [1.165, 1.54) is 0 Å². The average molecular weight is 208 g/mol. The summed E-state index contributed by atoms with van der Waals surface area (Å²) in [5, 5.41) is 0. The Kier molecular flexibility index (Phi) is 3.97. The molecule has 0 saturated carbocycles. The van der Waals surface area contributed by atoms with Crippen LogP contribution >= 0.6 is 0 Å². The lowest BCUT2D eigenvalue weighted by molar-refractivity contribution is 0.136. The summed E-state index contributed by atoms with van der Waals surface area (Å²) in [7, 11) is 0. The smallest absolute Gasteiger partial charge is 0.0533 e. The highest BCUT2D eigenvalue weighted by Gasteiger charge is 2.13. The number of rotatable bonds is 4. The zero-order chi connectivity index (χ0) is 11.4. The van der Waals surface area contributed by atoms with E-state index in [2.05, 4.69) is 6.92 Å². The van der Waals surface area contributed by atoms with E-state index in [0.717, 1.165) is 29.1 Å². The summed E-state index contributed by atoms with van der Waals surface area (Å²) in [5.41, 5.74) is 15.5. The predicted molar refractivity (Wildman–Crippen MR) is 64.9 cm³/mol. The van der Waals surface area contributed by atoms with Crippen LogP contribution in [0.2, 0.25) is 0 Å². The molecule has 84 valence electrons. The molecule has 4 N–H and O–H groups in total. The molecule has 3 heteroatoms. The molecule has 0 fully saturated rings. The molecule has 1 rings (SSSR count). The first-order chi connectivity index (χ1) is 7.06. The second-order valence-electron chi connectivity index (χ2n) is 3.92. The van der Waals surface area contributed by atoms with Gasteiger partial charge < -0.3 is 16.2 Å². The molecule has 0 spiro atoms. The zero-order valence-corrected chi connectivity index (χ0v) is 9.71. The average Bonchev–Trinajstić information content (AvgIpc) is 2.12. The number of nitrogens with two attached hydrogens (primary N) is 2. The third-order valence-electron chi connectivity index (χ3n) is 2.45. The standard InChI is InChI=1S/C12H20N2O/c1-4-15-7-9(3)12-10(13)5-8(2)6-11(12)14/h5-6,9H,4,7,13-14H2,1-3H3. The lowest BCUT2D eigenvalue weighted by atomic mass is 9.96. The van der Waals surface area contributed by atoms with E-state index >= 15 is 0 Å². The number of anilines is 2. The fraction of sp³-hybridized carbons (Fsp3) is 0.500. The number of hydrogen-bond donors (Lipinski definition) is 2. The van der Waals surface area contributed by atoms with Crippen LogP contribution in [0.5, 0.6) is 0 Å². The van der Waals surface area contributed by atoms with Crippen LogP contribution in [0.15, 0.2) is 12.1 Å². The van der Waals surface area contributed by atoms with Gasteiger partial charge in [-0.25, -0.2) is 0 Å². The first kappa shape index (κ1) is 11.9. The number of aryl methyl sites for hydroxylation is 1. The van der Waals surface area contributed by atoms with Gasteiger partial charge in [-0.15, -0.1) is 0 Å². The van der Waals surface area contributed by atoms with Gasteiger partial charge in [0.05, 0.1) is 6.61 Å². The van der Waals surface area contributed by atoms with Gasteiger partial charge in [0.1, 0.15) is 0 Å². The molecule has 1 unspecified atom stereocenters. The fourth-order valence-electron chi connectivity index (χ4n) is 1.80. The topological polar surface area (TPSA) is 61.3 Å². The van der Waals surface area contributed by atoms with Crippen molar-refractivity contribution >= 4 is 11.4 Å². The molecule has 1 aromatic rings. The largest absolute Gasteiger partial charge is 0.398 e. The minimum atomic E-state index is 0.241. The molecule has 3 nitrogen and oxygen atoms in total. The highest BCUT2D eigenvalue weighted by molar-refractivity contribution is 5.64. The summed E-state index contributed by atoms with van der Waals surface area (Å²) >= 11 is 0. The molecule has 0 saturated heterocycles. The minimum Gasteiger partial charge on any atom is -0.398 e. The zero-order valence-electron chi connectivity index (χ0n) is 9.71. The lowest BCUT2D eigenvalue weighted by Crippen LogP contribution is -2.10. The summed E-state index contributed by atoms with van der Waals surface area (Å²) in [6, 6.07) is 3.91. The summed E-state index contributed by atoms with van der Waals surface area (Å²) in [5.74, 6) is 0.241. The second-order valence-corrected chi connectivity index (χ2v) is 3.92. The third kappa shape index (κ3) is 2.86. The third-order valence-corrected chi connectivity index (χ3v) is 2.45. The Balaban J connectivity index is 2.92. The molecule has 0 aromatic heterocycles. The van der Waals surface area contributed by atoms with Crippen LogP contribution in [-0.2, 0) is 4.74 Å². The van der Waals surface area contributed by atoms with Crippen molar-refractivity contribution in [3.8, 4) is 0 Å². The molecule has 0 aliphatic heterocycles. The Hall–Kier alpha value is -1.22. The molecule has 1 aromatic carbocycles. The number of hydrogen-bond acceptors (Lipinski definition) is 3. The van der Waals surface area contributed by atoms with Gasteiger partial charge in [0.2, 0.25) is 0 Å². The van der Waals surface area contributed by atoms with Crippen molar-refractivity contribution < 1.29 is 4.74 Å². The molecular formula is C12H20N2O. The lowest BCUT2D eigenvalue weighted by Gasteiger charge is -2.17. The number of benzene rings is 1. The molecule has 1 atom stereocenters. The van der Waals surface area contributed by atoms with E-state index in [0.29, 0.717) is 6.61 Å². The Morgan fingerprint density at radius 1 is 1.27 bits per heavy atom. The molecule has 0 bridgehead atoms. The Labute approximate surface area is 91.4 Å². The van der Waals surface area contributed by atoms with Crippen molar-refractivity contribution in [2.45, 2.75) is 26.7 Å². The minimum absolute atomic E-state index is 0.241. The maximum Gasteiger partial charge on any atom is 0.0533 e.